The Morgan fingerprint density at radius 2 is 1.89 bits per heavy atom. The maximum absolute atomic E-state index is 11.9. The maximum Gasteiger partial charge on any atom is 0.251 e. The van der Waals surface area contributed by atoms with Gasteiger partial charge in [-0.1, -0.05) is 6.07 Å². The van der Waals surface area contributed by atoms with Crippen LogP contribution in [0.25, 0.3) is 22.2 Å². The number of rotatable bonds is 4. The third kappa shape index (κ3) is 3.32. The van der Waals surface area contributed by atoms with Crippen LogP contribution < -0.4 is 10.1 Å². The molecular formula is C22H20N4O2. The van der Waals surface area contributed by atoms with Gasteiger partial charge in [0.15, 0.2) is 0 Å². The van der Waals surface area contributed by atoms with Crippen LogP contribution in [0.4, 0.5) is 0 Å². The molecule has 140 valence electrons. The SMILES string of the molecule is CNC(=O)c1ccc(-c2cc(Oc3ccc4cnn(C)c4c3)ccn2)cc1C. The van der Waals surface area contributed by atoms with Crippen LogP contribution in [0.2, 0.25) is 0 Å². The summed E-state index contributed by atoms with van der Waals surface area (Å²) in [7, 11) is 3.53. The number of aromatic nitrogens is 3. The summed E-state index contributed by atoms with van der Waals surface area (Å²) in [6, 6.07) is 15.3. The minimum Gasteiger partial charge on any atom is -0.457 e. The van der Waals surface area contributed by atoms with Crippen LogP contribution in [-0.4, -0.2) is 27.7 Å². The number of carbonyl (C=O) groups excluding carboxylic acids is 1. The summed E-state index contributed by atoms with van der Waals surface area (Å²) in [5.74, 6) is 1.33. The molecule has 28 heavy (non-hydrogen) atoms. The van der Waals surface area contributed by atoms with Crippen LogP contribution in [0.3, 0.4) is 0 Å². The molecule has 2 heterocycles. The summed E-state index contributed by atoms with van der Waals surface area (Å²) < 4.78 is 7.85. The monoisotopic (exact) mass is 372 g/mol. The highest BCUT2D eigenvalue weighted by atomic mass is 16.5. The van der Waals surface area contributed by atoms with Crippen LogP contribution in [-0.2, 0) is 7.05 Å². The third-order valence-corrected chi connectivity index (χ3v) is 4.68. The van der Waals surface area contributed by atoms with E-state index in [0.717, 1.165) is 33.5 Å². The molecule has 6 heteroatoms. The van der Waals surface area contributed by atoms with E-state index in [0.29, 0.717) is 11.3 Å². The fourth-order valence-corrected chi connectivity index (χ4v) is 3.17. The van der Waals surface area contributed by atoms with Crippen molar-refractivity contribution >= 4 is 16.8 Å². The van der Waals surface area contributed by atoms with Gasteiger partial charge in [-0.2, -0.15) is 5.10 Å². The molecule has 0 fully saturated rings. The number of hydrogen-bond donors (Lipinski definition) is 1. The first-order valence-electron chi connectivity index (χ1n) is 8.94. The number of benzene rings is 2. The number of aryl methyl sites for hydroxylation is 2. The van der Waals surface area contributed by atoms with Crippen LogP contribution in [0.15, 0.2) is 60.9 Å². The standard InChI is InChI=1S/C22H20N4O2/c1-14-10-15(5-7-19(14)22(27)23-2)20-11-18(8-9-24-20)28-17-6-4-16-13-25-26(3)21(16)12-17/h4-13H,1-3H3,(H,23,27). The highest BCUT2D eigenvalue weighted by Crippen LogP contribution is 2.28. The fourth-order valence-electron chi connectivity index (χ4n) is 3.17. The summed E-state index contributed by atoms with van der Waals surface area (Å²) in [5, 5.41) is 7.97. The summed E-state index contributed by atoms with van der Waals surface area (Å²) in [6.45, 7) is 1.91. The Balaban J connectivity index is 1.63. The average molecular weight is 372 g/mol. The molecule has 0 aliphatic carbocycles. The molecule has 0 saturated carbocycles. The predicted octanol–water partition coefficient (Wildman–Crippen LogP) is 4.10. The Labute approximate surface area is 162 Å². The number of nitrogens with zero attached hydrogens (tertiary/aromatic N) is 3. The van der Waals surface area contributed by atoms with E-state index < -0.39 is 0 Å². The van der Waals surface area contributed by atoms with E-state index in [4.69, 9.17) is 4.74 Å². The molecule has 4 rings (SSSR count). The van der Waals surface area contributed by atoms with Crippen LogP contribution in [0.5, 0.6) is 11.5 Å². The van der Waals surface area contributed by atoms with Crippen LogP contribution in [0, 0.1) is 6.92 Å². The Bertz CT molecular complexity index is 1180. The zero-order valence-electron chi connectivity index (χ0n) is 15.9. The van der Waals surface area contributed by atoms with E-state index in [-0.39, 0.29) is 5.91 Å². The molecule has 1 amide bonds. The molecule has 0 spiro atoms. The topological polar surface area (TPSA) is 69.0 Å². The highest BCUT2D eigenvalue weighted by Gasteiger charge is 2.10. The smallest absolute Gasteiger partial charge is 0.251 e. The first kappa shape index (κ1) is 17.7. The molecule has 4 aromatic rings. The lowest BCUT2D eigenvalue weighted by Gasteiger charge is -2.10. The van der Waals surface area contributed by atoms with Gasteiger partial charge in [-0.15, -0.1) is 0 Å². The second kappa shape index (κ2) is 7.15. The normalized spacial score (nSPS) is 10.8. The number of fused-ring (bicyclic) bond motifs is 1. The van der Waals surface area contributed by atoms with Crippen molar-refractivity contribution < 1.29 is 9.53 Å². The van der Waals surface area contributed by atoms with E-state index >= 15 is 0 Å². The number of hydrogen-bond acceptors (Lipinski definition) is 4. The average Bonchev–Trinajstić information content (AvgIpc) is 3.08. The van der Waals surface area contributed by atoms with Gasteiger partial charge in [0.25, 0.3) is 5.91 Å². The molecule has 2 aromatic heterocycles. The van der Waals surface area contributed by atoms with Crippen molar-refractivity contribution in [3.8, 4) is 22.8 Å². The fraction of sp³-hybridized carbons (Fsp3) is 0.136. The second-order valence-electron chi connectivity index (χ2n) is 6.58. The summed E-state index contributed by atoms with van der Waals surface area (Å²) in [4.78, 5) is 16.3. The summed E-state index contributed by atoms with van der Waals surface area (Å²) in [5.41, 5.74) is 4.27. The molecule has 0 bridgehead atoms. The predicted molar refractivity (Wildman–Crippen MR) is 109 cm³/mol. The van der Waals surface area contributed by atoms with E-state index in [9.17, 15) is 4.79 Å². The molecule has 1 N–H and O–H groups in total. The van der Waals surface area contributed by atoms with Crippen molar-refractivity contribution in [3.63, 3.8) is 0 Å². The van der Waals surface area contributed by atoms with E-state index in [1.54, 1.807) is 13.2 Å². The van der Waals surface area contributed by atoms with Gasteiger partial charge in [0.1, 0.15) is 11.5 Å². The van der Waals surface area contributed by atoms with E-state index in [1.807, 2.05) is 73.4 Å². The lowest BCUT2D eigenvalue weighted by atomic mass is 10.0. The summed E-state index contributed by atoms with van der Waals surface area (Å²) >= 11 is 0. The van der Waals surface area contributed by atoms with E-state index in [1.165, 1.54) is 0 Å². The van der Waals surface area contributed by atoms with Gasteiger partial charge in [-0.05, 0) is 42.8 Å². The number of pyridine rings is 1. The van der Waals surface area contributed by atoms with Gasteiger partial charge in [-0.3, -0.25) is 14.5 Å². The molecule has 2 aromatic carbocycles. The minimum atomic E-state index is -0.0975. The van der Waals surface area contributed by atoms with Gasteiger partial charge in [0, 0.05) is 48.9 Å². The molecule has 6 nitrogen and oxygen atoms in total. The largest absolute Gasteiger partial charge is 0.457 e. The Morgan fingerprint density at radius 1 is 1.07 bits per heavy atom. The van der Waals surface area contributed by atoms with Gasteiger partial charge in [0.2, 0.25) is 0 Å². The number of nitrogens with one attached hydrogen (secondary N) is 1. The molecule has 0 aliphatic rings. The van der Waals surface area contributed by atoms with Crippen molar-refractivity contribution in [3.05, 3.63) is 72.1 Å². The zero-order valence-corrected chi connectivity index (χ0v) is 15.9. The maximum atomic E-state index is 11.9. The molecule has 0 atom stereocenters. The lowest BCUT2D eigenvalue weighted by molar-refractivity contribution is 0.0962. The molecule has 0 unspecified atom stereocenters. The van der Waals surface area contributed by atoms with Crippen LogP contribution >= 0.6 is 0 Å². The van der Waals surface area contributed by atoms with Gasteiger partial charge in [0.05, 0.1) is 17.4 Å². The van der Waals surface area contributed by atoms with Gasteiger partial charge < -0.3 is 10.1 Å². The van der Waals surface area contributed by atoms with Gasteiger partial charge in [-0.25, -0.2) is 0 Å². The molecule has 0 saturated heterocycles. The van der Waals surface area contributed by atoms with E-state index in [2.05, 4.69) is 15.4 Å². The lowest BCUT2D eigenvalue weighted by Crippen LogP contribution is -2.18. The highest BCUT2D eigenvalue weighted by molar-refractivity contribution is 5.96. The van der Waals surface area contributed by atoms with Crippen molar-refractivity contribution in [1.82, 2.24) is 20.1 Å². The molecule has 0 aliphatic heterocycles. The Hall–Kier alpha value is -3.67. The Morgan fingerprint density at radius 3 is 2.68 bits per heavy atom. The van der Waals surface area contributed by atoms with Crippen LogP contribution in [0.1, 0.15) is 15.9 Å². The quantitative estimate of drug-likeness (QED) is 0.586. The Kier molecular flexibility index (Phi) is 4.53. The van der Waals surface area contributed by atoms with Crippen molar-refractivity contribution in [2.75, 3.05) is 7.05 Å². The first-order chi connectivity index (χ1) is 13.5. The first-order valence-corrected chi connectivity index (χ1v) is 8.94. The number of amides is 1. The number of ether oxygens (including phenoxy) is 1. The van der Waals surface area contributed by atoms with Gasteiger partial charge >= 0.3 is 0 Å². The molecule has 0 radical (unpaired) electrons. The summed E-state index contributed by atoms with van der Waals surface area (Å²) in [6.07, 6.45) is 3.55. The van der Waals surface area contributed by atoms with Crippen molar-refractivity contribution in [2.45, 2.75) is 6.92 Å². The van der Waals surface area contributed by atoms with Crippen molar-refractivity contribution in [2.24, 2.45) is 7.05 Å². The minimum absolute atomic E-state index is 0.0975. The third-order valence-electron chi connectivity index (χ3n) is 4.68. The number of carbonyl (C=O) groups is 1. The van der Waals surface area contributed by atoms with Crippen molar-refractivity contribution in [1.29, 1.82) is 0 Å². The molecular weight excluding hydrogens is 352 g/mol. The second-order valence-corrected chi connectivity index (χ2v) is 6.58. The zero-order chi connectivity index (χ0) is 19.7.